The smallest absolute Gasteiger partial charge is 0.202 e. The zero-order valence-electron chi connectivity index (χ0n) is 31.6. The van der Waals surface area contributed by atoms with E-state index in [1.165, 1.54) is 6.07 Å². The number of hydrogen-bond acceptors (Lipinski definition) is 11. The molecule has 0 amide bonds. The normalized spacial score (nSPS) is 29.7. The van der Waals surface area contributed by atoms with E-state index in [9.17, 15) is 29.7 Å². The highest BCUT2D eigenvalue weighted by molar-refractivity contribution is 6.33. The molecule has 3 N–H and O–H groups in total. The third kappa shape index (κ3) is 5.97. The third-order valence-electron chi connectivity index (χ3n) is 11.6. The van der Waals surface area contributed by atoms with Gasteiger partial charge in [-0.05, 0) is 111 Å². The van der Waals surface area contributed by atoms with Gasteiger partial charge in [0.1, 0.15) is 11.5 Å². The topological polar surface area (TPSA) is 150 Å². The van der Waals surface area contributed by atoms with Gasteiger partial charge in [0, 0.05) is 34.3 Å². The summed E-state index contributed by atoms with van der Waals surface area (Å²) in [7, 11) is 7.46. The number of phenols is 1. The Balaban J connectivity index is 1.64. The van der Waals surface area contributed by atoms with Crippen LogP contribution >= 0.6 is 0 Å². The van der Waals surface area contributed by atoms with Crippen LogP contribution in [-0.2, 0) is 9.47 Å². The predicted molar refractivity (Wildman–Crippen MR) is 198 cm³/mol. The number of carbonyl (C=O) groups excluding carboxylic acids is 2. The van der Waals surface area contributed by atoms with Crippen molar-refractivity contribution in [3.63, 3.8) is 0 Å². The maximum atomic E-state index is 15.0. The van der Waals surface area contributed by atoms with E-state index in [1.54, 1.807) is 52.0 Å². The van der Waals surface area contributed by atoms with E-state index < -0.39 is 59.5 Å². The van der Waals surface area contributed by atoms with Crippen LogP contribution in [-0.4, -0.2) is 101 Å². The largest absolute Gasteiger partial charge is 0.507 e. The number of aliphatic hydroxyl groups is 2. The maximum Gasteiger partial charge on any atom is 0.202 e. The van der Waals surface area contributed by atoms with Crippen molar-refractivity contribution in [3.8, 4) is 5.75 Å². The first-order chi connectivity index (χ1) is 24.4. The average Bonchev–Trinajstić information content (AvgIpc) is 3.08. The lowest BCUT2D eigenvalue weighted by Crippen LogP contribution is -2.59. The summed E-state index contributed by atoms with van der Waals surface area (Å²) in [6.45, 7) is 10.8. The van der Waals surface area contributed by atoms with Gasteiger partial charge in [-0.2, -0.15) is 0 Å². The van der Waals surface area contributed by atoms with Crippen molar-refractivity contribution in [2.75, 3.05) is 28.2 Å². The van der Waals surface area contributed by atoms with Gasteiger partial charge in [0.05, 0.1) is 53.1 Å². The molecule has 11 nitrogen and oxygen atoms in total. The molecule has 0 saturated carbocycles. The molecule has 2 aromatic carbocycles. The second-order valence-corrected chi connectivity index (χ2v) is 15.3. The van der Waals surface area contributed by atoms with Crippen LogP contribution in [0.5, 0.6) is 5.75 Å². The zero-order valence-corrected chi connectivity index (χ0v) is 31.6. The predicted octanol–water partition coefficient (Wildman–Crippen LogP) is 5.23. The summed E-state index contributed by atoms with van der Waals surface area (Å²) >= 11 is 0. The van der Waals surface area contributed by atoms with Gasteiger partial charge in [-0.1, -0.05) is 18.2 Å². The summed E-state index contributed by atoms with van der Waals surface area (Å²) in [5.74, 6) is -1.35. The minimum Gasteiger partial charge on any atom is -0.507 e. The summed E-state index contributed by atoms with van der Waals surface area (Å²) in [5, 5.41) is 34.6. The van der Waals surface area contributed by atoms with Crippen LogP contribution in [0.3, 0.4) is 0 Å². The van der Waals surface area contributed by atoms with E-state index >= 15 is 0 Å². The maximum absolute atomic E-state index is 15.0. The highest BCUT2D eigenvalue weighted by Gasteiger charge is 2.49. The number of aromatic hydroxyl groups is 1. The Kier molecular flexibility index (Phi) is 10.0. The van der Waals surface area contributed by atoms with Crippen LogP contribution in [0.2, 0.25) is 0 Å². The number of nitrogens with zero attached hydrogens (tertiary/aromatic N) is 2. The Bertz CT molecular complexity index is 2080. The van der Waals surface area contributed by atoms with Gasteiger partial charge in [0.2, 0.25) is 5.78 Å². The van der Waals surface area contributed by atoms with Gasteiger partial charge in [-0.15, -0.1) is 0 Å². The van der Waals surface area contributed by atoms with Gasteiger partial charge in [-0.25, -0.2) is 0 Å². The van der Waals surface area contributed by atoms with Crippen LogP contribution in [0.1, 0.15) is 114 Å². The fraction of sp³-hybridized carbons (Fsp3) is 0.488. The Morgan fingerprint density at radius 2 is 1.60 bits per heavy atom. The number of aliphatic hydroxyl groups excluding tert-OH is 2. The van der Waals surface area contributed by atoms with Crippen molar-refractivity contribution < 1.29 is 38.8 Å². The Morgan fingerprint density at radius 1 is 0.923 bits per heavy atom. The van der Waals surface area contributed by atoms with Crippen LogP contribution < -0.4 is 5.43 Å². The number of benzene rings is 2. The Hall–Kier alpha value is -3.97. The summed E-state index contributed by atoms with van der Waals surface area (Å²) in [4.78, 5) is 47.3. The SMILES string of the molecule is C/C=C\C=C(/C)c1cc(=O)c2c(C)cc3c(c2o1)C(=O)c1c(O)c([C@H]2C[C@](C)(N(C)C)[C@H](O)[C@H](C)O2)cc([C@H]2C[C@H](N(C)C)[C@H](O)[C@@H](C)O2)c1C3=O. The molecule has 0 bridgehead atoms. The van der Waals surface area contributed by atoms with E-state index in [4.69, 9.17) is 13.9 Å². The minimum absolute atomic E-state index is 0.00511. The number of likely N-dealkylation sites (N-methyl/N-ethyl adjacent to an activating group) is 2. The van der Waals surface area contributed by atoms with Crippen LogP contribution in [0.4, 0.5) is 0 Å². The first-order valence-corrected chi connectivity index (χ1v) is 17.8. The monoisotopic (exact) mass is 714 g/mol. The molecule has 2 saturated heterocycles. The number of aryl methyl sites for hydroxylation is 1. The molecule has 0 radical (unpaired) electrons. The molecule has 3 aliphatic rings. The number of ether oxygens (including phenoxy) is 2. The number of allylic oxidation sites excluding steroid dienone is 4. The number of hydrogen-bond donors (Lipinski definition) is 3. The molecule has 1 aromatic heterocycles. The zero-order chi connectivity index (χ0) is 38.1. The molecular weight excluding hydrogens is 664 g/mol. The van der Waals surface area contributed by atoms with Crippen LogP contribution in [0.15, 0.2) is 45.6 Å². The van der Waals surface area contributed by atoms with Crippen molar-refractivity contribution in [2.24, 2.45) is 0 Å². The summed E-state index contributed by atoms with van der Waals surface area (Å²) in [6, 6.07) is 4.28. The number of rotatable bonds is 6. The molecule has 0 spiro atoms. The summed E-state index contributed by atoms with van der Waals surface area (Å²) in [5.41, 5.74) is 0.384. The first kappa shape index (κ1) is 37.8. The standard InChI is InChI=1S/C41H50N2O9/c1-11-12-13-19(2)28-17-27(44)31-20(3)14-25-33(39(31)52-28)38(48)34-32(37(25)47)23(29-16-26(42(7)8)35(45)21(4)50-29)15-24(36(34)46)30-18-41(6,43(9)10)40(49)22(5)51-30/h11-15,17,21-22,26,29-30,35,40,45-46,49H,16,18H2,1-10H3/b12-11-,19-13+/t21-,22+,26+,29-,30-,35-,40-,41+/m1/s1. The molecule has 6 rings (SSSR count). The lowest BCUT2D eigenvalue weighted by Gasteiger charge is -2.49. The average molecular weight is 715 g/mol. The molecule has 2 fully saturated rings. The summed E-state index contributed by atoms with van der Waals surface area (Å²) in [6.07, 6.45) is 1.55. The fourth-order valence-corrected chi connectivity index (χ4v) is 8.18. The molecular formula is C41H50N2O9. The van der Waals surface area contributed by atoms with Gasteiger partial charge >= 0.3 is 0 Å². The van der Waals surface area contributed by atoms with E-state index in [1.807, 2.05) is 57.9 Å². The van der Waals surface area contributed by atoms with E-state index in [-0.39, 0.29) is 62.4 Å². The first-order valence-electron chi connectivity index (χ1n) is 17.8. The lowest BCUT2D eigenvalue weighted by atomic mass is 9.74. The van der Waals surface area contributed by atoms with E-state index in [2.05, 4.69) is 0 Å². The van der Waals surface area contributed by atoms with E-state index in [0.717, 1.165) is 0 Å². The summed E-state index contributed by atoms with van der Waals surface area (Å²) < 4.78 is 19.1. The van der Waals surface area contributed by atoms with E-state index in [0.29, 0.717) is 23.1 Å². The molecule has 0 unspecified atom stereocenters. The molecule has 278 valence electrons. The Labute approximate surface area is 304 Å². The Morgan fingerprint density at radius 3 is 2.23 bits per heavy atom. The molecule has 2 aliphatic heterocycles. The van der Waals surface area contributed by atoms with Crippen molar-refractivity contribution in [1.82, 2.24) is 9.80 Å². The van der Waals surface area contributed by atoms with Gasteiger partial charge in [-0.3, -0.25) is 14.4 Å². The molecule has 3 heterocycles. The second kappa shape index (κ2) is 13.8. The highest BCUT2D eigenvalue weighted by Crippen LogP contribution is 2.49. The second-order valence-electron chi connectivity index (χ2n) is 15.3. The van der Waals surface area contributed by atoms with Crippen molar-refractivity contribution in [2.45, 2.75) is 103 Å². The molecule has 11 heteroatoms. The third-order valence-corrected chi connectivity index (χ3v) is 11.6. The van der Waals surface area contributed by atoms with Gasteiger partial charge < -0.3 is 39.0 Å². The van der Waals surface area contributed by atoms with Gasteiger partial charge in [0.25, 0.3) is 0 Å². The molecule has 8 atom stereocenters. The fourth-order valence-electron chi connectivity index (χ4n) is 8.18. The lowest BCUT2D eigenvalue weighted by molar-refractivity contribution is -0.176. The van der Waals surface area contributed by atoms with Crippen LogP contribution in [0, 0.1) is 6.92 Å². The minimum atomic E-state index is -0.852. The van der Waals surface area contributed by atoms with Crippen LogP contribution in [0.25, 0.3) is 16.5 Å². The number of phenolic OH excluding ortho intramolecular Hbond substituents is 1. The van der Waals surface area contributed by atoms with Crippen molar-refractivity contribution >= 4 is 28.1 Å². The number of fused-ring (bicyclic) bond motifs is 4. The molecule has 52 heavy (non-hydrogen) atoms. The number of carbonyl (C=O) groups is 2. The van der Waals surface area contributed by atoms with Crippen molar-refractivity contribution in [3.05, 3.63) is 91.4 Å². The highest BCUT2D eigenvalue weighted by atomic mass is 16.5. The van der Waals surface area contributed by atoms with Gasteiger partial charge in [0.15, 0.2) is 16.8 Å². The van der Waals surface area contributed by atoms with Crippen molar-refractivity contribution in [1.29, 1.82) is 0 Å². The quantitative estimate of drug-likeness (QED) is 0.225. The number of ketones is 2. The molecule has 3 aromatic rings. The molecule has 1 aliphatic carbocycles.